The molecule has 0 amide bonds. The molecule has 1 fully saturated rings. The number of esters is 2. The van der Waals surface area contributed by atoms with Crippen molar-refractivity contribution in [2.75, 3.05) is 19.0 Å². The van der Waals surface area contributed by atoms with Gasteiger partial charge in [-0.05, 0) is 12.8 Å². The summed E-state index contributed by atoms with van der Waals surface area (Å²) in [5.74, 6) is -1.96. The van der Waals surface area contributed by atoms with Gasteiger partial charge >= 0.3 is 11.9 Å². The van der Waals surface area contributed by atoms with Crippen molar-refractivity contribution < 1.29 is 56.8 Å². The lowest BCUT2D eigenvalue weighted by atomic mass is 10.00. The summed E-state index contributed by atoms with van der Waals surface area (Å²) in [6, 6.07) is 0. The maximum absolute atomic E-state index is 12.8. The van der Waals surface area contributed by atoms with Crippen LogP contribution in [0.15, 0.2) is 0 Å². The number of carbonyl (C=O) groups excluding carboxylic acids is 2. The van der Waals surface area contributed by atoms with Crippen molar-refractivity contribution in [3.63, 3.8) is 0 Å². The topological polar surface area (TPSA) is 186 Å². The molecule has 12 nitrogen and oxygen atoms in total. The van der Waals surface area contributed by atoms with Gasteiger partial charge in [-0.3, -0.25) is 14.1 Å². The number of aliphatic hydroxyl groups is 3. The van der Waals surface area contributed by atoms with Crippen LogP contribution in [0.25, 0.3) is 0 Å². The van der Waals surface area contributed by atoms with Crippen LogP contribution in [0.5, 0.6) is 0 Å². The van der Waals surface area contributed by atoms with Crippen LogP contribution < -0.4 is 0 Å². The summed E-state index contributed by atoms with van der Waals surface area (Å²) >= 11 is 0. The Kier molecular flexibility index (Phi) is 36.0. The Morgan fingerprint density at radius 3 is 1.22 bits per heavy atom. The molecule has 0 aromatic rings. The lowest BCUT2D eigenvalue weighted by molar-refractivity contribution is -0.297. The molecule has 1 aliphatic heterocycles. The molecular weight excluding hydrogens is 789 g/mol. The first-order chi connectivity index (χ1) is 29.0. The molecule has 1 heterocycles. The van der Waals surface area contributed by atoms with E-state index in [1.54, 1.807) is 0 Å². The SMILES string of the molecule is CCCCCCCCCCCCCCCCCCCCCCCC(=O)OC(COC(=O)CCCCCCCCCCCCC)COC1OC(CS(=O)(=O)O)C(O)C(O)C1O. The van der Waals surface area contributed by atoms with Gasteiger partial charge in [-0.15, -0.1) is 0 Å². The largest absolute Gasteiger partial charge is 0.462 e. The van der Waals surface area contributed by atoms with E-state index in [1.165, 1.54) is 154 Å². The molecule has 0 aromatic heterocycles. The minimum Gasteiger partial charge on any atom is -0.462 e. The second-order valence-electron chi connectivity index (χ2n) is 17.5. The van der Waals surface area contributed by atoms with Gasteiger partial charge in [0.2, 0.25) is 0 Å². The van der Waals surface area contributed by atoms with Crippen LogP contribution in [0, 0.1) is 0 Å². The molecule has 13 heteroatoms. The fourth-order valence-electron chi connectivity index (χ4n) is 7.86. The van der Waals surface area contributed by atoms with Crippen LogP contribution in [0.4, 0.5) is 0 Å². The smallest absolute Gasteiger partial charge is 0.306 e. The first-order valence-electron chi connectivity index (χ1n) is 24.6. The average molecular weight is 879 g/mol. The Balaban J connectivity index is 2.34. The van der Waals surface area contributed by atoms with Crippen LogP contribution in [0.2, 0.25) is 0 Å². The summed E-state index contributed by atoms with van der Waals surface area (Å²) in [4.78, 5) is 25.4. The van der Waals surface area contributed by atoms with E-state index in [0.717, 1.165) is 38.5 Å². The molecule has 0 bridgehead atoms. The number of unbranched alkanes of at least 4 members (excludes halogenated alkanes) is 30. The molecule has 0 radical (unpaired) electrons. The second-order valence-corrected chi connectivity index (χ2v) is 19.0. The minimum atomic E-state index is -4.60. The first-order valence-corrected chi connectivity index (χ1v) is 26.2. The molecule has 0 spiro atoms. The van der Waals surface area contributed by atoms with E-state index < -0.39 is 71.2 Å². The molecule has 4 N–H and O–H groups in total. The molecular formula is C47H90O12S. The van der Waals surface area contributed by atoms with E-state index in [0.29, 0.717) is 12.8 Å². The highest BCUT2D eigenvalue weighted by molar-refractivity contribution is 7.85. The van der Waals surface area contributed by atoms with E-state index in [-0.39, 0.29) is 19.4 Å². The van der Waals surface area contributed by atoms with Gasteiger partial charge in [-0.1, -0.05) is 206 Å². The number of rotatable bonds is 42. The molecule has 356 valence electrons. The van der Waals surface area contributed by atoms with Crippen molar-refractivity contribution in [2.45, 2.75) is 269 Å². The third-order valence-electron chi connectivity index (χ3n) is 11.7. The summed E-state index contributed by atoms with van der Waals surface area (Å²) < 4.78 is 54.1. The van der Waals surface area contributed by atoms with Gasteiger partial charge in [0.25, 0.3) is 10.1 Å². The molecule has 0 saturated carbocycles. The van der Waals surface area contributed by atoms with Crippen LogP contribution in [-0.4, -0.2) is 96.0 Å². The van der Waals surface area contributed by atoms with Gasteiger partial charge in [-0.2, -0.15) is 8.42 Å². The van der Waals surface area contributed by atoms with Gasteiger partial charge in [-0.25, -0.2) is 0 Å². The van der Waals surface area contributed by atoms with Crippen molar-refractivity contribution in [3.8, 4) is 0 Å². The van der Waals surface area contributed by atoms with Crippen molar-refractivity contribution in [3.05, 3.63) is 0 Å². The third kappa shape index (κ3) is 32.3. The Bertz CT molecular complexity index is 1120. The highest BCUT2D eigenvalue weighted by Crippen LogP contribution is 2.24. The number of ether oxygens (including phenoxy) is 4. The molecule has 0 aromatic carbocycles. The summed E-state index contributed by atoms with van der Waals surface area (Å²) in [6.45, 7) is 3.78. The molecule has 0 aliphatic carbocycles. The fraction of sp³-hybridized carbons (Fsp3) is 0.957. The van der Waals surface area contributed by atoms with E-state index in [1.807, 2.05) is 0 Å². The van der Waals surface area contributed by atoms with Crippen molar-refractivity contribution in [1.82, 2.24) is 0 Å². The van der Waals surface area contributed by atoms with Crippen LogP contribution in [-0.2, 0) is 38.7 Å². The summed E-state index contributed by atoms with van der Waals surface area (Å²) in [5, 5.41) is 30.9. The van der Waals surface area contributed by atoms with Gasteiger partial charge in [0.05, 0.1) is 6.61 Å². The summed E-state index contributed by atoms with van der Waals surface area (Å²) in [7, 11) is -4.60. The van der Waals surface area contributed by atoms with Gasteiger partial charge in [0, 0.05) is 12.8 Å². The number of aliphatic hydroxyl groups excluding tert-OH is 3. The number of carbonyl (C=O) groups is 2. The Hall–Kier alpha value is -1.35. The standard InChI is InChI=1S/C47H90O12S/c1-3-5-7-9-11-13-15-16-17-18-19-20-21-22-23-24-26-28-30-32-34-36-43(49)58-40(37-56-42(48)35-33-31-29-27-25-14-12-10-8-6-4-2)38-57-47-46(52)45(51)44(50)41(59-47)39-60(53,54)55/h40-41,44-47,50-52H,3-39H2,1-2H3,(H,53,54,55). The lowest BCUT2D eigenvalue weighted by Crippen LogP contribution is -2.60. The molecule has 60 heavy (non-hydrogen) atoms. The number of hydrogen-bond acceptors (Lipinski definition) is 11. The van der Waals surface area contributed by atoms with Gasteiger partial charge < -0.3 is 34.3 Å². The van der Waals surface area contributed by atoms with Crippen LogP contribution in [0.3, 0.4) is 0 Å². The van der Waals surface area contributed by atoms with Crippen LogP contribution >= 0.6 is 0 Å². The maximum Gasteiger partial charge on any atom is 0.306 e. The highest BCUT2D eigenvalue weighted by Gasteiger charge is 2.46. The summed E-state index contributed by atoms with van der Waals surface area (Å²) in [6.07, 6.45) is 30.1. The van der Waals surface area contributed by atoms with Crippen molar-refractivity contribution >= 4 is 22.1 Å². The van der Waals surface area contributed by atoms with Gasteiger partial charge in [0.15, 0.2) is 12.4 Å². The second kappa shape index (κ2) is 38.1. The zero-order valence-corrected chi connectivity index (χ0v) is 38.9. The number of hydrogen-bond donors (Lipinski definition) is 4. The quantitative estimate of drug-likeness (QED) is 0.0259. The van der Waals surface area contributed by atoms with Gasteiger partial charge in [0.1, 0.15) is 36.8 Å². The summed E-state index contributed by atoms with van der Waals surface area (Å²) in [5.41, 5.74) is 0. The average Bonchev–Trinajstić information content (AvgIpc) is 3.21. The molecule has 1 aliphatic rings. The molecule has 1 rings (SSSR count). The Labute approximate surface area is 365 Å². The van der Waals surface area contributed by atoms with Crippen molar-refractivity contribution in [1.29, 1.82) is 0 Å². The van der Waals surface area contributed by atoms with E-state index >= 15 is 0 Å². The molecule has 6 unspecified atom stereocenters. The van der Waals surface area contributed by atoms with E-state index in [4.69, 9.17) is 18.9 Å². The maximum atomic E-state index is 12.8. The van der Waals surface area contributed by atoms with E-state index in [9.17, 15) is 37.9 Å². The highest BCUT2D eigenvalue weighted by atomic mass is 32.2. The molecule has 1 saturated heterocycles. The predicted molar refractivity (Wildman–Crippen MR) is 238 cm³/mol. The zero-order chi connectivity index (χ0) is 44.1. The lowest BCUT2D eigenvalue weighted by Gasteiger charge is -2.40. The molecule has 6 atom stereocenters. The fourth-order valence-corrected chi connectivity index (χ4v) is 8.55. The monoisotopic (exact) mass is 879 g/mol. The first kappa shape index (κ1) is 56.7. The predicted octanol–water partition coefficient (Wildman–Crippen LogP) is 10.5. The Morgan fingerprint density at radius 2 is 0.850 bits per heavy atom. The minimum absolute atomic E-state index is 0.173. The van der Waals surface area contributed by atoms with E-state index in [2.05, 4.69) is 13.8 Å². The van der Waals surface area contributed by atoms with Crippen molar-refractivity contribution in [2.24, 2.45) is 0 Å². The normalized spacial score (nSPS) is 20.0. The zero-order valence-electron chi connectivity index (χ0n) is 38.1. The Morgan fingerprint density at radius 1 is 0.500 bits per heavy atom. The van der Waals surface area contributed by atoms with Crippen LogP contribution in [0.1, 0.15) is 232 Å². The third-order valence-corrected chi connectivity index (χ3v) is 12.4.